The van der Waals surface area contributed by atoms with Crippen LogP contribution in [0.5, 0.6) is 17.2 Å². The molecule has 0 aliphatic carbocycles. The van der Waals surface area contributed by atoms with Gasteiger partial charge in [0.1, 0.15) is 19.0 Å². The molecule has 1 unspecified atom stereocenters. The average Bonchev–Trinajstić information content (AvgIpc) is 2.53. The fraction of sp³-hybridized carbons (Fsp3) is 0.235. The molecule has 24 heavy (non-hydrogen) atoms. The molecule has 7 heteroatoms. The van der Waals surface area contributed by atoms with Crippen LogP contribution >= 0.6 is 23.2 Å². The molecule has 0 spiro atoms. The number of fused-ring (bicyclic) bond motifs is 1. The lowest BCUT2D eigenvalue weighted by Gasteiger charge is -2.20. The number of hydrogen-bond donors (Lipinski definition) is 1. The highest BCUT2D eigenvalue weighted by Gasteiger charge is 2.17. The molecule has 1 atom stereocenters. The second-order valence-electron chi connectivity index (χ2n) is 5.21. The van der Waals surface area contributed by atoms with Crippen LogP contribution in [0.2, 0.25) is 10.0 Å². The third-order valence-corrected chi connectivity index (χ3v) is 3.76. The standard InChI is InChI=1S/C17H15Cl2NO4/c1-10(24-14-7-11(18)6-12(19)8-14)17(21)20-13-2-3-15-16(9-13)23-5-4-22-15/h2-3,6-10H,4-5H2,1H3,(H,20,21). The molecule has 1 heterocycles. The van der Waals surface area contributed by atoms with E-state index in [1.165, 1.54) is 0 Å². The van der Waals surface area contributed by atoms with Gasteiger partial charge in [-0.2, -0.15) is 0 Å². The zero-order chi connectivity index (χ0) is 17.1. The minimum Gasteiger partial charge on any atom is -0.486 e. The van der Waals surface area contributed by atoms with Crippen molar-refractivity contribution in [2.24, 2.45) is 0 Å². The van der Waals surface area contributed by atoms with E-state index in [2.05, 4.69) is 5.32 Å². The van der Waals surface area contributed by atoms with Crippen molar-refractivity contribution in [3.8, 4) is 17.2 Å². The van der Waals surface area contributed by atoms with Crippen molar-refractivity contribution in [1.29, 1.82) is 0 Å². The normalized spacial score (nSPS) is 14.0. The Labute approximate surface area is 149 Å². The Bertz CT molecular complexity index is 746. The molecule has 0 radical (unpaired) electrons. The number of carbonyl (C=O) groups is 1. The Morgan fingerprint density at radius 1 is 1.08 bits per heavy atom. The summed E-state index contributed by atoms with van der Waals surface area (Å²) in [5.41, 5.74) is 0.601. The van der Waals surface area contributed by atoms with Crippen molar-refractivity contribution in [2.75, 3.05) is 18.5 Å². The van der Waals surface area contributed by atoms with Crippen LogP contribution < -0.4 is 19.5 Å². The van der Waals surface area contributed by atoms with E-state index >= 15 is 0 Å². The summed E-state index contributed by atoms with van der Waals surface area (Å²) in [6, 6.07) is 10.0. The molecule has 2 aromatic carbocycles. The number of nitrogens with one attached hydrogen (secondary N) is 1. The largest absolute Gasteiger partial charge is 0.486 e. The zero-order valence-electron chi connectivity index (χ0n) is 12.8. The van der Waals surface area contributed by atoms with E-state index in [-0.39, 0.29) is 5.91 Å². The van der Waals surface area contributed by atoms with E-state index in [1.54, 1.807) is 43.3 Å². The van der Waals surface area contributed by atoms with Gasteiger partial charge in [0.2, 0.25) is 0 Å². The van der Waals surface area contributed by atoms with Crippen molar-refractivity contribution in [2.45, 2.75) is 13.0 Å². The van der Waals surface area contributed by atoms with Gasteiger partial charge in [0.25, 0.3) is 5.91 Å². The minimum atomic E-state index is -0.729. The fourth-order valence-electron chi connectivity index (χ4n) is 2.22. The quantitative estimate of drug-likeness (QED) is 0.880. The number of hydrogen-bond acceptors (Lipinski definition) is 4. The second-order valence-corrected chi connectivity index (χ2v) is 6.09. The van der Waals surface area contributed by atoms with Gasteiger partial charge >= 0.3 is 0 Å². The highest BCUT2D eigenvalue weighted by Crippen LogP contribution is 2.32. The van der Waals surface area contributed by atoms with E-state index in [0.29, 0.717) is 46.2 Å². The zero-order valence-corrected chi connectivity index (χ0v) is 14.4. The van der Waals surface area contributed by atoms with Gasteiger partial charge in [-0.05, 0) is 37.3 Å². The number of carbonyl (C=O) groups excluding carboxylic acids is 1. The van der Waals surface area contributed by atoms with Crippen LogP contribution in [-0.4, -0.2) is 25.2 Å². The molecular weight excluding hydrogens is 353 g/mol. The van der Waals surface area contributed by atoms with Gasteiger partial charge in [-0.25, -0.2) is 0 Å². The summed E-state index contributed by atoms with van der Waals surface area (Å²) in [6.45, 7) is 2.65. The summed E-state index contributed by atoms with van der Waals surface area (Å²) < 4.78 is 16.5. The predicted molar refractivity (Wildman–Crippen MR) is 92.6 cm³/mol. The highest BCUT2D eigenvalue weighted by molar-refractivity contribution is 6.34. The number of benzene rings is 2. The lowest BCUT2D eigenvalue weighted by Crippen LogP contribution is -2.30. The maximum absolute atomic E-state index is 12.3. The first-order valence-electron chi connectivity index (χ1n) is 7.34. The molecule has 126 valence electrons. The van der Waals surface area contributed by atoms with Crippen molar-refractivity contribution in [3.63, 3.8) is 0 Å². The fourth-order valence-corrected chi connectivity index (χ4v) is 2.73. The van der Waals surface area contributed by atoms with E-state index in [4.69, 9.17) is 37.4 Å². The maximum atomic E-state index is 12.3. The summed E-state index contributed by atoms with van der Waals surface area (Å²) in [5, 5.41) is 3.66. The van der Waals surface area contributed by atoms with Crippen LogP contribution in [0.3, 0.4) is 0 Å². The van der Waals surface area contributed by atoms with Gasteiger partial charge in [-0.3, -0.25) is 4.79 Å². The van der Waals surface area contributed by atoms with Crippen molar-refractivity contribution in [1.82, 2.24) is 0 Å². The molecule has 0 saturated heterocycles. The highest BCUT2D eigenvalue weighted by atomic mass is 35.5. The molecule has 1 aliphatic rings. The van der Waals surface area contributed by atoms with Gasteiger partial charge in [-0.1, -0.05) is 23.2 Å². The number of halogens is 2. The molecule has 3 rings (SSSR count). The lowest BCUT2D eigenvalue weighted by molar-refractivity contribution is -0.122. The third-order valence-electron chi connectivity index (χ3n) is 3.33. The predicted octanol–water partition coefficient (Wildman–Crippen LogP) is 4.17. The van der Waals surface area contributed by atoms with E-state index in [1.807, 2.05) is 0 Å². The monoisotopic (exact) mass is 367 g/mol. The molecule has 0 aromatic heterocycles. The average molecular weight is 368 g/mol. The molecular formula is C17H15Cl2NO4. The Hall–Kier alpha value is -2.11. The summed E-state index contributed by atoms with van der Waals surface area (Å²) in [6.07, 6.45) is -0.729. The van der Waals surface area contributed by atoms with Crippen LogP contribution in [0.15, 0.2) is 36.4 Å². The van der Waals surface area contributed by atoms with E-state index in [0.717, 1.165) is 0 Å². The van der Waals surface area contributed by atoms with E-state index < -0.39 is 6.10 Å². The number of amides is 1. The summed E-state index contributed by atoms with van der Waals surface area (Å²) in [4.78, 5) is 12.3. The van der Waals surface area contributed by atoms with Crippen LogP contribution in [0.4, 0.5) is 5.69 Å². The Morgan fingerprint density at radius 3 is 2.46 bits per heavy atom. The summed E-state index contributed by atoms with van der Waals surface area (Å²) >= 11 is 11.8. The van der Waals surface area contributed by atoms with Crippen molar-refractivity contribution in [3.05, 3.63) is 46.4 Å². The first-order valence-corrected chi connectivity index (χ1v) is 8.10. The topological polar surface area (TPSA) is 56.8 Å². The molecule has 1 N–H and O–H groups in total. The number of anilines is 1. The van der Waals surface area contributed by atoms with E-state index in [9.17, 15) is 4.79 Å². The van der Waals surface area contributed by atoms with Gasteiger partial charge < -0.3 is 19.5 Å². The van der Waals surface area contributed by atoms with Crippen LogP contribution in [0.25, 0.3) is 0 Å². The third kappa shape index (κ3) is 4.04. The molecule has 2 aromatic rings. The van der Waals surface area contributed by atoms with Crippen LogP contribution in [0, 0.1) is 0 Å². The van der Waals surface area contributed by atoms with Crippen molar-refractivity contribution >= 4 is 34.8 Å². The minimum absolute atomic E-state index is 0.303. The molecule has 1 amide bonds. The summed E-state index contributed by atoms with van der Waals surface area (Å²) in [5.74, 6) is 1.39. The Balaban J connectivity index is 1.65. The molecule has 0 bridgehead atoms. The molecule has 5 nitrogen and oxygen atoms in total. The van der Waals surface area contributed by atoms with Gasteiger partial charge in [-0.15, -0.1) is 0 Å². The Morgan fingerprint density at radius 2 is 1.75 bits per heavy atom. The number of rotatable bonds is 4. The lowest BCUT2D eigenvalue weighted by atomic mass is 10.2. The smallest absolute Gasteiger partial charge is 0.265 e. The second kappa shape index (κ2) is 7.20. The van der Waals surface area contributed by atoms with Gasteiger partial charge in [0.15, 0.2) is 17.6 Å². The van der Waals surface area contributed by atoms with Crippen LogP contribution in [0.1, 0.15) is 6.92 Å². The molecule has 0 saturated carbocycles. The first-order chi connectivity index (χ1) is 11.5. The van der Waals surface area contributed by atoms with Gasteiger partial charge in [0, 0.05) is 21.8 Å². The van der Waals surface area contributed by atoms with Gasteiger partial charge in [0.05, 0.1) is 0 Å². The first kappa shape index (κ1) is 16.7. The molecule has 1 aliphatic heterocycles. The van der Waals surface area contributed by atoms with Crippen molar-refractivity contribution < 1.29 is 19.0 Å². The summed E-state index contributed by atoms with van der Waals surface area (Å²) in [7, 11) is 0. The molecule has 0 fully saturated rings. The maximum Gasteiger partial charge on any atom is 0.265 e. The van der Waals surface area contributed by atoms with Crippen LogP contribution in [-0.2, 0) is 4.79 Å². The number of ether oxygens (including phenoxy) is 3. The Kier molecular flexibility index (Phi) is 5.02. The SMILES string of the molecule is CC(Oc1cc(Cl)cc(Cl)c1)C(=O)Nc1ccc2c(c1)OCCO2.